The van der Waals surface area contributed by atoms with E-state index in [2.05, 4.69) is 9.97 Å². The minimum absolute atomic E-state index is 0.0915. The molecule has 3 N–H and O–H groups in total. The average Bonchev–Trinajstić information content (AvgIpc) is 2.46. The van der Waals surface area contributed by atoms with E-state index in [4.69, 9.17) is 15.9 Å². The molecule has 0 aliphatic rings. The molecule has 6 heteroatoms. The van der Waals surface area contributed by atoms with E-state index < -0.39 is 0 Å². The number of anilines is 2. The molecule has 0 saturated heterocycles. The zero-order valence-corrected chi connectivity index (χ0v) is 10.8. The molecule has 1 aromatic heterocycles. The van der Waals surface area contributed by atoms with Gasteiger partial charge in [0.25, 0.3) is 0 Å². The van der Waals surface area contributed by atoms with Crippen LogP contribution >= 0.6 is 0 Å². The summed E-state index contributed by atoms with van der Waals surface area (Å²) < 4.78 is 5.11. The normalized spacial score (nSPS) is 10.0. The molecule has 0 amide bonds. The maximum Gasteiger partial charge on any atom is 0.151 e. The van der Waals surface area contributed by atoms with E-state index in [9.17, 15) is 0 Å². The third-order valence-electron chi connectivity index (χ3n) is 2.72. The van der Waals surface area contributed by atoms with Crippen LogP contribution < -0.4 is 15.4 Å². The Morgan fingerprint density at radius 3 is 2.37 bits per heavy atom. The second-order valence-electron chi connectivity index (χ2n) is 3.93. The molecule has 0 fully saturated rings. The second-order valence-corrected chi connectivity index (χ2v) is 3.93. The predicted molar refractivity (Wildman–Crippen MR) is 74.1 cm³/mol. The van der Waals surface area contributed by atoms with Gasteiger partial charge in [0, 0.05) is 12.7 Å². The van der Waals surface area contributed by atoms with Crippen LogP contribution in [0.3, 0.4) is 0 Å². The summed E-state index contributed by atoms with van der Waals surface area (Å²) in [6.45, 7) is 0. The fraction of sp³-hybridized carbons (Fsp3) is 0.154. The van der Waals surface area contributed by atoms with E-state index in [1.165, 1.54) is 6.20 Å². The highest BCUT2D eigenvalue weighted by atomic mass is 16.5. The zero-order chi connectivity index (χ0) is 13.8. The SMILES string of the molecule is COc1ccc(N(C)c2cnc(C(=N)N)cn2)cc1. The fourth-order valence-electron chi connectivity index (χ4n) is 1.57. The summed E-state index contributed by atoms with van der Waals surface area (Å²) in [6, 6.07) is 7.62. The number of nitrogen functional groups attached to an aromatic ring is 1. The summed E-state index contributed by atoms with van der Waals surface area (Å²) >= 11 is 0. The summed E-state index contributed by atoms with van der Waals surface area (Å²) in [5.74, 6) is 1.39. The van der Waals surface area contributed by atoms with E-state index in [0.717, 1.165) is 11.4 Å². The minimum Gasteiger partial charge on any atom is -0.497 e. The third-order valence-corrected chi connectivity index (χ3v) is 2.72. The number of nitrogens with two attached hydrogens (primary N) is 1. The first-order chi connectivity index (χ1) is 9.11. The number of methoxy groups -OCH3 is 1. The summed E-state index contributed by atoms with van der Waals surface area (Å²) in [5, 5.41) is 7.27. The molecular formula is C13H15N5O. The third kappa shape index (κ3) is 2.79. The van der Waals surface area contributed by atoms with Crippen LogP contribution in [0.25, 0.3) is 0 Å². The average molecular weight is 257 g/mol. The molecule has 2 rings (SSSR count). The Morgan fingerprint density at radius 2 is 1.89 bits per heavy atom. The maximum absolute atomic E-state index is 7.27. The second kappa shape index (κ2) is 5.34. The molecule has 1 heterocycles. The van der Waals surface area contributed by atoms with Crippen molar-refractivity contribution in [3.8, 4) is 5.75 Å². The van der Waals surface area contributed by atoms with Gasteiger partial charge < -0.3 is 15.4 Å². The molecule has 0 saturated carbocycles. The first-order valence-corrected chi connectivity index (χ1v) is 5.66. The van der Waals surface area contributed by atoms with Crippen molar-refractivity contribution in [1.82, 2.24) is 9.97 Å². The number of benzene rings is 1. The first-order valence-electron chi connectivity index (χ1n) is 5.66. The highest BCUT2D eigenvalue weighted by Gasteiger charge is 2.07. The number of rotatable bonds is 4. The van der Waals surface area contributed by atoms with Gasteiger partial charge in [-0.2, -0.15) is 0 Å². The van der Waals surface area contributed by atoms with Crippen LogP contribution in [-0.4, -0.2) is 30.0 Å². The number of nitrogens with zero attached hydrogens (tertiary/aromatic N) is 3. The number of nitrogens with one attached hydrogen (secondary N) is 1. The lowest BCUT2D eigenvalue weighted by molar-refractivity contribution is 0.415. The van der Waals surface area contributed by atoms with Crippen molar-refractivity contribution in [2.45, 2.75) is 0 Å². The van der Waals surface area contributed by atoms with Crippen molar-refractivity contribution in [3.05, 3.63) is 42.4 Å². The molecule has 0 radical (unpaired) electrons. The van der Waals surface area contributed by atoms with Gasteiger partial charge in [-0.15, -0.1) is 0 Å². The van der Waals surface area contributed by atoms with Crippen LogP contribution in [0.4, 0.5) is 11.5 Å². The lowest BCUT2D eigenvalue weighted by Crippen LogP contribution is -2.16. The molecule has 0 unspecified atom stereocenters. The van der Waals surface area contributed by atoms with Gasteiger partial charge in [-0.25, -0.2) is 9.97 Å². The quantitative estimate of drug-likeness (QED) is 0.640. The van der Waals surface area contributed by atoms with Crippen LogP contribution in [0.1, 0.15) is 5.69 Å². The molecule has 0 spiro atoms. The van der Waals surface area contributed by atoms with Gasteiger partial charge in [0.2, 0.25) is 0 Å². The molecule has 0 bridgehead atoms. The topological polar surface area (TPSA) is 88.1 Å². The Balaban J connectivity index is 2.22. The fourth-order valence-corrected chi connectivity index (χ4v) is 1.57. The molecule has 0 aliphatic carbocycles. The number of amidine groups is 1. The first kappa shape index (κ1) is 12.8. The molecule has 19 heavy (non-hydrogen) atoms. The maximum atomic E-state index is 7.27. The van der Waals surface area contributed by atoms with Crippen molar-refractivity contribution < 1.29 is 4.74 Å². The van der Waals surface area contributed by atoms with Crippen molar-refractivity contribution in [1.29, 1.82) is 5.41 Å². The van der Waals surface area contributed by atoms with Gasteiger partial charge in [0.1, 0.15) is 17.3 Å². The lowest BCUT2D eigenvalue weighted by Gasteiger charge is -2.18. The van der Waals surface area contributed by atoms with Crippen LogP contribution in [0.2, 0.25) is 0 Å². The minimum atomic E-state index is -0.0915. The number of hydrogen-bond donors (Lipinski definition) is 2. The molecule has 0 atom stereocenters. The monoisotopic (exact) mass is 257 g/mol. The van der Waals surface area contributed by atoms with Gasteiger partial charge >= 0.3 is 0 Å². The Hall–Kier alpha value is -2.63. The van der Waals surface area contributed by atoms with E-state index >= 15 is 0 Å². The summed E-state index contributed by atoms with van der Waals surface area (Å²) in [4.78, 5) is 10.2. The number of hydrogen-bond acceptors (Lipinski definition) is 5. The van der Waals surface area contributed by atoms with Crippen LogP contribution in [0.15, 0.2) is 36.7 Å². The standard InChI is InChI=1S/C13H15N5O/c1-18(9-3-5-10(19-2)6-4-9)12-8-16-11(7-17-12)13(14)15/h3-8H,1-2H3,(H3,14,15). The van der Waals surface area contributed by atoms with Gasteiger partial charge in [-0.05, 0) is 24.3 Å². The van der Waals surface area contributed by atoms with Crippen molar-refractivity contribution in [2.24, 2.45) is 5.73 Å². The number of ether oxygens (including phenoxy) is 1. The van der Waals surface area contributed by atoms with Crippen molar-refractivity contribution >= 4 is 17.3 Å². The summed E-state index contributed by atoms with van der Waals surface area (Å²) in [5.41, 5.74) is 6.67. The predicted octanol–water partition coefficient (Wildman–Crippen LogP) is 1.54. The van der Waals surface area contributed by atoms with Gasteiger partial charge in [0.15, 0.2) is 5.82 Å². The van der Waals surface area contributed by atoms with Gasteiger partial charge in [-0.1, -0.05) is 0 Å². The van der Waals surface area contributed by atoms with E-state index in [0.29, 0.717) is 11.5 Å². The molecule has 6 nitrogen and oxygen atoms in total. The zero-order valence-electron chi connectivity index (χ0n) is 10.8. The largest absolute Gasteiger partial charge is 0.497 e. The molecule has 0 aliphatic heterocycles. The van der Waals surface area contributed by atoms with Crippen molar-refractivity contribution in [3.63, 3.8) is 0 Å². The Kier molecular flexibility index (Phi) is 3.61. The van der Waals surface area contributed by atoms with Gasteiger partial charge in [0.05, 0.1) is 19.5 Å². The number of aromatic nitrogens is 2. The van der Waals surface area contributed by atoms with Crippen LogP contribution in [0.5, 0.6) is 5.75 Å². The van der Waals surface area contributed by atoms with E-state index in [1.807, 2.05) is 36.2 Å². The van der Waals surface area contributed by atoms with E-state index in [1.54, 1.807) is 13.3 Å². The Bertz CT molecular complexity index is 565. The highest BCUT2D eigenvalue weighted by Crippen LogP contribution is 2.23. The summed E-state index contributed by atoms with van der Waals surface area (Å²) in [7, 11) is 3.52. The summed E-state index contributed by atoms with van der Waals surface area (Å²) in [6.07, 6.45) is 3.07. The molecule has 2 aromatic rings. The van der Waals surface area contributed by atoms with Crippen LogP contribution in [-0.2, 0) is 0 Å². The highest BCUT2D eigenvalue weighted by molar-refractivity contribution is 5.92. The molecule has 98 valence electrons. The smallest absolute Gasteiger partial charge is 0.151 e. The Labute approximate surface area is 111 Å². The van der Waals surface area contributed by atoms with Gasteiger partial charge in [-0.3, -0.25) is 5.41 Å². The van der Waals surface area contributed by atoms with Crippen LogP contribution in [0, 0.1) is 5.41 Å². The van der Waals surface area contributed by atoms with E-state index in [-0.39, 0.29) is 5.84 Å². The molecule has 1 aromatic carbocycles. The lowest BCUT2D eigenvalue weighted by atomic mass is 10.3. The van der Waals surface area contributed by atoms with Crippen molar-refractivity contribution in [2.75, 3.05) is 19.1 Å². The molecular weight excluding hydrogens is 242 g/mol. The Morgan fingerprint density at radius 1 is 1.21 bits per heavy atom.